The van der Waals surface area contributed by atoms with Gasteiger partial charge in [-0.25, -0.2) is 0 Å². The zero-order valence-electron chi connectivity index (χ0n) is 16.0. The molecule has 1 N–H and O–H groups in total. The van der Waals surface area contributed by atoms with E-state index in [0.717, 1.165) is 22.0 Å². The number of benzene rings is 3. The van der Waals surface area contributed by atoms with E-state index in [1.165, 1.54) is 5.56 Å². The summed E-state index contributed by atoms with van der Waals surface area (Å²) in [4.78, 5) is 26.8. The summed E-state index contributed by atoms with van der Waals surface area (Å²) in [6, 6.07) is 22.0. The molecule has 0 saturated carbocycles. The molecule has 0 saturated heterocycles. The maximum atomic E-state index is 12.8. The molecule has 4 nitrogen and oxygen atoms in total. The fourth-order valence-corrected chi connectivity index (χ4v) is 3.85. The number of nitrogens with one attached hydrogen (secondary N) is 1. The van der Waals surface area contributed by atoms with Gasteiger partial charge in [-0.05, 0) is 35.4 Å². The fraction of sp³-hybridized carbons (Fsp3) is 0.250. The molecule has 0 spiro atoms. The molecular formula is C24H24N2O2. The molecule has 142 valence electrons. The number of hydrogen-bond donors (Lipinski definition) is 1. The maximum Gasteiger partial charge on any atom is 0.258 e. The van der Waals surface area contributed by atoms with Crippen LogP contribution in [0.5, 0.6) is 0 Å². The minimum Gasteiger partial charge on any atom is -0.356 e. The van der Waals surface area contributed by atoms with E-state index in [-0.39, 0.29) is 17.7 Å². The predicted octanol–water partition coefficient (Wildman–Crippen LogP) is 4.50. The van der Waals surface area contributed by atoms with Crippen LogP contribution in [0.25, 0.3) is 10.8 Å². The summed E-state index contributed by atoms with van der Waals surface area (Å²) < 4.78 is 0. The Morgan fingerprint density at radius 3 is 2.54 bits per heavy atom. The van der Waals surface area contributed by atoms with Gasteiger partial charge in [0, 0.05) is 30.5 Å². The summed E-state index contributed by atoms with van der Waals surface area (Å²) in [5.74, 6) is 0.340. The van der Waals surface area contributed by atoms with Crippen molar-refractivity contribution in [3.63, 3.8) is 0 Å². The summed E-state index contributed by atoms with van der Waals surface area (Å²) in [6.07, 6.45) is 1.05. The van der Waals surface area contributed by atoms with Crippen molar-refractivity contribution < 1.29 is 9.59 Å². The second-order valence-electron chi connectivity index (χ2n) is 7.36. The third kappa shape index (κ3) is 3.50. The average Bonchev–Trinajstić information content (AvgIpc) is 3.01. The Kier molecular flexibility index (Phi) is 5.11. The summed E-state index contributed by atoms with van der Waals surface area (Å²) in [5.41, 5.74) is 2.93. The molecule has 3 aromatic rings. The molecule has 1 heterocycles. The lowest BCUT2D eigenvalue weighted by molar-refractivity contribution is -0.121. The highest BCUT2D eigenvalue weighted by Gasteiger charge is 2.28. The molecule has 1 unspecified atom stereocenters. The third-order valence-electron chi connectivity index (χ3n) is 5.41. The van der Waals surface area contributed by atoms with Crippen LogP contribution in [0.2, 0.25) is 0 Å². The molecule has 0 aliphatic carbocycles. The van der Waals surface area contributed by atoms with Gasteiger partial charge in [0.1, 0.15) is 0 Å². The van der Waals surface area contributed by atoms with Crippen molar-refractivity contribution in [3.05, 3.63) is 77.9 Å². The number of rotatable bonds is 7. The minimum atomic E-state index is 0.0323. The van der Waals surface area contributed by atoms with Crippen molar-refractivity contribution in [2.24, 2.45) is 0 Å². The van der Waals surface area contributed by atoms with Gasteiger partial charge in [-0.2, -0.15) is 0 Å². The highest BCUT2D eigenvalue weighted by molar-refractivity contribution is 6.25. The Bertz CT molecular complexity index is 1010. The summed E-state index contributed by atoms with van der Waals surface area (Å²) in [5, 5.41) is 5.12. The third-order valence-corrected chi connectivity index (χ3v) is 5.41. The van der Waals surface area contributed by atoms with Gasteiger partial charge in [0.15, 0.2) is 0 Å². The lowest BCUT2D eigenvalue weighted by atomic mass is 10.0. The van der Waals surface area contributed by atoms with Gasteiger partial charge in [0.25, 0.3) is 5.91 Å². The second kappa shape index (κ2) is 7.85. The van der Waals surface area contributed by atoms with Crippen molar-refractivity contribution in [2.45, 2.75) is 25.7 Å². The van der Waals surface area contributed by atoms with E-state index in [2.05, 4.69) is 24.4 Å². The number of hydrogen-bond acceptors (Lipinski definition) is 2. The molecule has 4 heteroatoms. The number of nitrogens with zero attached hydrogens (tertiary/aromatic N) is 1. The first kappa shape index (κ1) is 18.2. The fourth-order valence-electron chi connectivity index (χ4n) is 3.85. The van der Waals surface area contributed by atoms with Crippen LogP contribution in [0.1, 0.15) is 41.6 Å². The molecular weight excluding hydrogens is 348 g/mol. The molecule has 0 radical (unpaired) electrons. The highest BCUT2D eigenvalue weighted by Crippen LogP contribution is 2.37. The number of carbonyl (C=O) groups is 2. The van der Waals surface area contributed by atoms with Gasteiger partial charge in [-0.1, -0.05) is 61.5 Å². The molecule has 0 aromatic heterocycles. The number of anilines is 1. The number of carbonyl (C=O) groups excluding carboxylic acids is 2. The average molecular weight is 372 g/mol. The predicted molar refractivity (Wildman–Crippen MR) is 113 cm³/mol. The van der Waals surface area contributed by atoms with Crippen molar-refractivity contribution in [1.82, 2.24) is 5.32 Å². The summed E-state index contributed by atoms with van der Waals surface area (Å²) in [7, 11) is 0. The van der Waals surface area contributed by atoms with Crippen molar-refractivity contribution in [2.75, 3.05) is 18.0 Å². The molecule has 3 aromatic carbocycles. The lowest BCUT2D eigenvalue weighted by Gasteiger charge is -2.18. The molecule has 28 heavy (non-hydrogen) atoms. The van der Waals surface area contributed by atoms with Crippen LogP contribution < -0.4 is 10.2 Å². The van der Waals surface area contributed by atoms with Gasteiger partial charge in [-0.15, -0.1) is 0 Å². The van der Waals surface area contributed by atoms with E-state index in [0.29, 0.717) is 25.9 Å². The van der Waals surface area contributed by atoms with Gasteiger partial charge < -0.3 is 10.2 Å². The van der Waals surface area contributed by atoms with Crippen molar-refractivity contribution in [3.8, 4) is 0 Å². The van der Waals surface area contributed by atoms with E-state index in [1.807, 2.05) is 54.6 Å². The smallest absolute Gasteiger partial charge is 0.258 e. The minimum absolute atomic E-state index is 0.0323. The monoisotopic (exact) mass is 372 g/mol. The molecule has 0 bridgehead atoms. The Labute approximate surface area is 165 Å². The molecule has 4 rings (SSSR count). The van der Waals surface area contributed by atoms with E-state index in [4.69, 9.17) is 0 Å². The first-order chi connectivity index (χ1) is 13.6. The van der Waals surface area contributed by atoms with E-state index in [1.54, 1.807) is 4.90 Å². The molecule has 2 amide bonds. The zero-order chi connectivity index (χ0) is 19.5. The summed E-state index contributed by atoms with van der Waals surface area (Å²) in [6.45, 7) is 3.28. The Morgan fingerprint density at radius 1 is 1.00 bits per heavy atom. The first-order valence-corrected chi connectivity index (χ1v) is 9.80. The Hall–Kier alpha value is -3.14. The van der Waals surface area contributed by atoms with Crippen LogP contribution >= 0.6 is 0 Å². The Morgan fingerprint density at radius 2 is 1.75 bits per heavy atom. The summed E-state index contributed by atoms with van der Waals surface area (Å²) >= 11 is 0. The van der Waals surface area contributed by atoms with Crippen molar-refractivity contribution >= 4 is 28.3 Å². The van der Waals surface area contributed by atoms with Crippen LogP contribution in [-0.2, 0) is 4.79 Å². The second-order valence-corrected chi connectivity index (χ2v) is 7.36. The topological polar surface area (TPSA) is 49.4 Å². The van der Waals surface area contributed by atoms with E-state index >= 15 is 0 Å². The number of amides is 2. The standard InChI is InChI=1S/C24H24N2O2/c1-17(18-8-3-2-4-9-18)16-25-22(27)14-7-15-26-21-13-6-11-19-10-5-12-20(23(19)21)24(26)28/h2-6,8-13,17H,7,14-16H2,1H3,(H,25,27). The van der Waals surface area contributed by atoms with Gasteiger partial charge in [0.2, 0.25) is 5.91 Å². The normalized spacial score (nSPS) is 13.8. The van der Waals surface area contributed by atoms with Crippen LogP contribution in [-0.4, -0.2) is 24.9 Å². The highest BCUT2D eigenvalue weighted by atomic mass is 16.2. The SMILES string of the molecule is CC(CNC(=O)CCCN1C(=O)c2cccc3cccc1c23)c1ccccc1. The molecule has 1 aliphatic rings. The van der Waals surface area contributed by atoms with Crippen LogP contribution in [0, 0.1) is 0 Å². The van der Waals surface area contributed by atoms with E-state index < -0.39 is 0 Å². The van der Waals surface area contributed by atoms with Crippen LogP contribution in [0.4, 0.5) is 5.69 Å². The Balaban J connectivity index is 1.31. The maximum absolute atomic E-state index is 12.8. The molecule has 0 fully saturated rings. The zero-order valence-corrected chi connectivity index (χ0v) is 16.0. The van der Waals surface area contributed by atoms with Crippen LogP contribution in [0.15, 0.2) is 66.7 Å². The van der Waals surface area contributed by atoms with Gasteiger partial charge >= 0.3 is 0 Å². The quantitative estimate of drug-likeness (QED) is 0.664. The largest absolute Gasteiger partial charge is 0.356 e. The lowest BCUT2D eigenvalue weighted by Crippen LogP contribution is -2.31. The van der Waals surface area contributed by atoms with E-state index in [9.17, 15) is 9.59 Å². The first-order valence-electron chi connectivity index (χ1n) is 9.80. The van der Waals surface area contributed by atoms with Crippen molar-refractivity contribution in [1.29, 1.82) is 0 Å². The molecule has 1 atom stereocenters. The molecule has 1 aliphatic heterocycles. The van der Waals surface area contributed by atoms with Gasteiger partial charge in [-0.3, -0.25) is 9.59 Å². The van der Waals surface area contributed by atoms with Gasteiger partial charge in [0.05, 0.1) is 5.69 Å². The van der Waals surface area contributed by atoms with Crippen LogP contribution in [0.3, 0.4) is 0 Å².